The van der Waals surface area contributed by atoms with E-state index in [1.165, 1.54) is 68.9 Å². The van der Waals surface area contributed by atoms with E-state index in [0.717, 1.165) is 41.9 Å². The van der Waals surface area contributed by atoms with Crippen LogP contribution in [0, 0.1) is 51.8 Å². The maximum absolute atomic E-state index is 6.29. The Balaban J connectivity index is 1.36. The fourth-order valence-corrected chi connectivity index (χ4v) is 10.4. The first-order valence-electron chi connectivity index (χ1n) is 13.1. The van der Waals surface area contributed by atoms with Gasteiger partial charge in [0.1, 0.15) is 0 Å². The Morgan fingerprint density at radius 1 is 1.07 bits per heavy atom. The lowest BCUT2D eigenvalue weighted by molar-refractivity contribution is -0.161. The van der Waals surface area contributed by atoms with E-state index in [-0.39, 0.29) is 0 Å². The third-order valence-electron chi connectivity index (χ3n) is 12.1. The van der Waals surface area contributed by atoms with Crippen LogP contribution >= 0.6 is 0 Å². The predicted octanol–water partition coefficient (Wildman–Crippen LogP) is 7.82. The minimum absolute atomic E-state index is 0.536. The summed E-state index contributed by atoms with van der Waals surface area (Å²) in [7, 11) is 2.02. The monoisotopic (exact) mass is 410 g/mol. The van der Waals surface area contributed by atoms with Gasteiger partial charge in [0.05, 0.1) is 6.10 Å². The zero-order chi connectivity index (χ0) is 21.5. The molecule has 0 aromatic carbocycles. The van der Waals surface area contributed by atoms with Crippen LogP contribution in [0.25, 0.3) is 0 Å². The molecule has 5 aliphatic carbocycles. The molecule has 0 aliphatic heterocycles. The van der Waals surface area contributed by atoms with Gasteiger partial charge in [0.25, 0.3) is 0 Å². The molecule has 1 heteroatoms. The number of rotatable bonds is 6. The number of allylic oxidation sites excluding steroid dienone is 2. The normalized spacial score (nSPS) is 52.0. The molecule has 0 saturated heterocycles. The SMILES string of the molecule is C=C(C)C(=C)CC[C@@H](C)C1CCC2C3C[C@@H](OC)C45C[C@H]4CC[C@]5(C)C3CC[C@@]21C. The summed E-state index contributed by atoms with van der Waals surface area (Å²) in [6, 6.07) is 0. The van der Waals surface area contributed by atoms with Crippen LogP contribution in [-0.2, 0) is 4.74 Å². The van der Waals surface area contributed by atoms with Gasteiger partial charge < -0.3 is 4.74 Å². The molecule has 0 amide bonds. The number of methoxy groups -OCH3 is 1. The molecule has 0 N–H and O–H groups in total. The first-order chi connectivity index (χ1) is 14.2. The van der Waals surface area contributed by atoms with Gasteiger partial charge in [-0.2, -0.15) is 0 Å². The van der Waals surface area contributed by atoms with Crippen LogP contribution in [0.5, 0.6) is 0 Å². The standard InChI is InChI=1S/C29H46O/c1-18(2)19(3)8-9-20(4)23-10-11-24-22-16-26(30-7)29-17-21(29)12-15-28(29,6)25(22)13-14-27(23,24)5/h20-26H,1,3,8-17H2,2,4-7H3/t20-,21-,22?,23?,24?,25?,26-,27-,28-,29?/m1/s1. The highest BCUT2D eigenvalue weighted by Gasteiger charge is 2.77. The first kappa shape index (κ1) is 21.3. The van der Waals surface area contributed by atoms with Gasteiger partial charge in [-0.25, -0.2) is 0 Å². The molecule has 0 aromatic rings. The van der Waals surface area contributed by atoms with Crippen molar-refractivity contribution in [1.82, 2.24) is 0 Å². The molecule has 168 valence electrons. The van der Waals surface area contributed by atoms with E-state index in [1.807, 2.05) is 7.11 Å². The van der Waals surface area contributed by atoms with Crippen LogP contribution in [0.1, 0.15) is 91.9 Å². The van der Waals surface area contributed by atoms with E-state index >= 15 is 0 Å². The average Bonchev–Trinajstić information content (AvgIpc) is 3.22. The van der Waals surface area contributed by atoms with Crippen molar-refractivity contribution in [2.75, 3.05) is 7.11 Å². The zero-order valence-corrected chi connectivity index (χ0v) is 20.4. The van der Waals surface area contributed by atoms with Crippen LogP contribution in [0.3, 0.4) is 0 Å². The second-order valence-corrected chi connectivity index (χ2v) is 12.9. The Morgan fingerprint density at radius 2 is 1.83 bits per heavy atom. The molecule has 30 heavy (non-hydrogen) atoms. The molecule has 0 radical (unpaired) electrons. The summed E-state index contributed by atoms with van der Waals surface area (Å²) in [5, 5.41) is 0. The van der Waals surface area contributed by atoms with Crippen LogP contribution in [0.2, 0.25) is 0 Å². The summed E-state index contributed by atoms with van der Waals surface area (Å²) in [5.74, 6) is 5.48. The van der Waals surface area contributed by atoms with E-state index in [0.29, 0.717) is 22.3 Å². The van der Waals surface area contributed by atoms with Crippen LogP contribution in [0.15, 0.2) is 24.3 Å². The predicted molar refractivity (Wildman–Crippen MR) is 126 cm³/mol. The zero-order valence-electron chi connectivity index (χ0n) is 20.4. The van der Waals surface area contributed by atoms with Gasteiger partial charge in [0, 0.05) is 12.5 Å². The maximum Gasteiger partial charge on any atom is 0.0638 e. The molecule has 5 aliphatic rings. The van der Waals surface area contributed by atoms with Crippen molar-refractivity contribution in [2.24, 2.45) is 51.8 Å². The lowest BCUT2D eigenvalue weighted by Crippen LogP contribution is -2.57. The Bertz CT molecular complexity index is 737. The minimum Gasteiger partial charge on any atom is -0.381 e. The van der Waals surface area contributed by atoms with Crippen molar-refractivity contribution in [3.05, 3.63) is 24.3 Å². The van der Waals surface area contributed by atoms with Crippen molar-refractivity contribution in [2.45, 2.75) is 98.0 Å². The van der Waals surface area contributed by atoms with Gasteiger partial charge in [0.2, 0.25) is 0 Å². The molecular formula is C29H46O. The third-order valence-corrected chi connectivity index (χ3v) is 12.1. The lowest BCUT2D eigenvalue weighted by Gasteiger charge is -2.61. The third kappa shape index (κ3) is 2.63. The molecular weight excluding hydrogens is 364 g/mol. The van der Waals surface area contributed by atoms with Crippen LogP contribution in [-0.4, -0.2) is 13.2 Å². The molecule has 10 atom stereocenters. The Labute approximate surface area is 186 Å². The smallest absolute Gasteiger partial charge is 0.0638 e. The molecule has 5 rings (SSSR count). The van der Waals surface area contributed by atoms with E-state index in [2.05, 4.69) is 40.9 Å². The molecule has 5 unspecified atom stereocenters. The lowest BCUT2D eigenvalue weighted by atomic mass is 9.45. The number of fused-ring (bicyclic) bond motifs is 4. The van der Waals surface area contributed by atoms with Crippen molar-refractivity contribution >= 4 is 0 Å². The molecule has 1 spiro atoms. The Hall–Kier alpha value is -0.560. The second-order valence-electron chi connectivity index (χ2n) is 12.9. The van der Waals surface area contributed by atoms with Crippen LogP contribution < -0.4 is 0 Å². The number of ether oxygens (including phenoxy) is 1. The van der Waals surface area contributed by atoms with Gasteiger partial charge in [-0.15, -0.1) is 0 Å². The molecule has 5 fully saturated rings. The molecule has 1 nitrogen and oxygen atoms in total. The maximum atomic E-state index is 6.29. The second kappa shape index (κ2) is 6.97. The van der Waals surface area contributed by atoms with E-state index in [1.54, 1.807) is 0 Å². The van der Waals surface area contributed by atoms with Gasteiger partial charge >= 0.3 is 0 Å². The van der Waals surface area contributed by atoms with Gasteiger partial charge in [0.15, 0.2) is 0 Å². The molecule has 5 saturated carbocycles. The van der Waals surface area contributed by atoms with E-state index < -0.39 is 0 Å². The quantitative estimate of drug-likeness (QED) is 0.406. The molecule has 0 bridgehead atoms. The fourth-order valence-electron chi connectivity index (χ4n) is 10.4. The Morgan fingerprint density at radius 3 is 2.50 bits per heavy atom. The van der Waals surface area contributed by atoms with E-state index in [4.69, 9.17) is 4.74 Å². The van der Waals surface area contributed by atoms with Crippen LogP contribution in [0.4, 0.5) is 0 Å². The average molecular weight is 411 g/mol. The van der Waals surface area contributed by atoms with Gasteiger partial charge in [-0.1, -0.05) is 45.1 Å². The summed E-state index contributed by atoms with van der Waals surface area (Å²) >= 11 is 0. The van der Waals surface area contributed by atoms with Gasteiger partial charge in [-0.05, 0) is 117 Å². The van der Waals surface area contributed by atoms with Crippen molar-refractivity contribution in [3.8, 4) is 0 Å². The summed E-state index contributed by atoms with van der Waals surface area (Å²) < 4.78 is 6.29. The largest absolute Gasteiger partial charge is 0.381 e. The van der Waals surface area contributed by atoms with Gasteiger partial charge in [-0.3, -0.25) is 0 Å². The van der Waals surface area contributed by atoms with Crippen molar-refractivity contribution < 1.29 is 4.74 Å². The summed E-state index contributed by atoms with van der Waals surface area (Å²) in [6.45, 7) is 18.4. The highest BCUT2D eigenvalue weighted by Crippen LogP contribution is 2.82. The fraction of sp³-hybridized carbons (Fsp3) is 0.862. The summed E-state index contributed by atoms with van der Waals surface area (Å²) in [5.41, 5.74) is 4.10. The number of hydrogen-bond donors (Lipinski definition) is 0. The highest BCUT2D eigenvalue weighted by atomic mass is 16.5. The summed E-state index contributed by atoms with van der Waals surface area (Å²) in [4.78, 5) is 0. The van der Waals surface area contributed by atoms with E-state index in [9.17, 15) is 0 Å². The van der Waals surface area contributed by atoms with Crippen molar-refractivity contribution in [3.63, 3.8) is 0 Å². The minimum atomic E-state index is 0.536. The molecule has 0 heterocycles. The first-order valence-corrected chi connectivity index (χ1v) is 13.1. The highest BCUT2D eigenvalue weighted by molar-refractivity contribution is 5.26. The van der Waals surface area contributed by atoms with Crippen molar-refractivity contribution in [1.29, 1.82) is 0 Å². The Kier molecular flexibility index (Phi) is 4.95. The summed E-state index contributed by atoms with van der Waals surface area (Å²) in [6.07, 6.45) is 14.6. The topological polar surface area (TPSA) is 9.23 Å². The number of hydrogen-bond acceptors (Lipinski definition) is 1. The molecule has 0 aromatic heterocycles.